The molecule has 2 fully saturated rings. The molecule has 5 nitrogen and oxygen atoms in total. The van der Waals surface area contributed by atoms with Crippen molar-refractivity contribution in [3.05, 3.63) is 29.8 Å². The second-order valence-electron chi connectivity index (χ2n) is 5.52. The third kappa shape index (κ3) is 3.36. The number of ether oxygens (including phenoxy) is 2. The molecule has 0 aromatic heterocycles. The van der Waals surface area contributed by atoms with Gasteiger partial charge >= 0.3 is 6.03 Å². The molecule has 0 spiro atoms. The van der Waals surface area contributed by atoms with Crippen LogP contribution in [0.5, 0.6) is 0 Å². The zero-order valence-electron chi connectivity index (χ0n) is 12.0. The van der Waals surface area contributed by atoms with Gasteiger partial charge in [-0.1, -0.05) is 6.07 Å². The summed E-state index contributed by atoms with van der Waals surface area (Å²) in [6, 6.07) is 2.71. The Morgan fingerprint density at radius 1 is 1.09 bits per heavy atom. The lowest BCUT2D eigenvalue weighted by Gasteiger charge is -2.39. The van der Waals surface area contributed by atoms with E-state index in [1.54, 1.807) is 0 Å². The number of hydrogen-bond donors (Lipinski definition) is 2. The first-order valence-corrected chi connectivity index (χ1v) is 7.38. The van der Waals surface area contributed by atoms with E-state index in [1.165, 1.54) is 6.07 Å². The van der Waals surface area contributed by atoms with Crippen molar-refractivity contribution in [2.24, 2.45) is 0 Å². The van der Waals surface area contributed by atoms with Gasteiger partial charge in [0.05, 0.1) is 25.4 Å². The first kappa shape index (κ1) is 15.2. The standard InChI is InChI=1S/C15H18F2N2O3/c16-10-2-1-3-11(17)14(10)19-15(20)18-9-4-5-12-13(8-9)22-7-6-21-12/h1-3,9,12-13H,4-8H2,(H2,18,19,20). The highest BCUT2D eigenvalue weighted by Crippen LogP contribution is 2.27. The average molecular weight is 312 g/mol. The Morgan fingerprint density at radius 3 is 2.50 bits per heavy atom. The van der Waals surface area contributed by atoms with E-state index >= 15 is 0 Å². The Morgan fingerprint density at radius 2 is 1.77 bits per heavy atom. The second kappa shape index (κ2) is 6.58. The van der Waals surface area contributed by atoms with Crippen molar-refractivity contribution >= 4 is 11.7 Å². The number of carbonyl (C=O) groups excluding carboxylic acids is 1. The number of anilines is 1. The molecule has 0 bridgehead atoms. The van der Waals surface area contributed by atoms with E-state index in [0.717, 1.165) is 25.0 Å². The highest BCUT2D eigenvalue weighted by molar-refractivity contribution is 5.89. The quantitative estimate of drug-likeness (QED) is 0.882. The Labute approximate surface area is 127 Å². The number of urea groups is 1. The molecule has 3 unspecified atom stereocenters. The molecule has 1 aliphatic heterocycles. The zero-order valence-corrected chi connectivity index (χ0v) is 12.0. The van der Waals surface area contributed by atoms with Crippen LogP contribution >= 0.6 is 0 Å². The zero-order chi connectivity index (χ0) is 15.5. The lowest BCUT2D eigenvalue weighted by molar-refractivity contribution is -0.157. The lowest BCUT2D eigenvalue weighted by atomic mass is 9.90. The van der Waals surface area contributed by atoms with Crippen LogP contribution in [0, 0.1) is 11.6 Å². The third-order valence-corrected chi connectivity index (χ3v) is 4.01. The maximum atomic E-state index is 13.5. The summed E-state index contributed by atoms with van der Waals surface area (Å²) in [4.78, 5) is 11.9. The van der Waals surface area contributed by atoms with Gasteiger partial charge in [-0.3, -0.25) is 0 Å². The topological polar surface area (TPSA) is 59.6 Å². The summed E-state index contributed by atoms with van der Waals surface area (Å²) in [6.45, 7) is 1.16. The molecule has 7 heteroatoms. The Kier molecular flexibility index (Phi) is 4.54. The van der Waals surface area contributed by atoms with Crippen LogP contribution in [0.2, 0.25) is 0 Å². The van der Waals surface area contributed by atoms with Crippen LogP contribution in [0.3, 0.4) is 0 Å². The van der Waals surface area contributed by atoms with E-state index in [4.69, 9.17) is 9.47 Å². The Bertz CT molecular complexity index is 535. The molecule has 1 heterocycles. The van der Waals surface area contributed by atoms with Crippen molar-refractivity contribution in [3.8, 4) is 0 Å². The van der Waals surface area contributed by atoms with E-state index in [2.05, 4.69) is 10.6 Å². The molecule has 1 aromatic carbocycles. The van der Waals surface area contributed by atoms with E-state index < -0.39 is 23.4 Å². The fourth-order valence-corrected chi connectivity index (χ4v) is 2.95. The molecular formula is C15H18F2N2O3. The van der Waals surface area contributed by atoms with Gasteiger partial charge in [0.15, 0.2) is 0 Å². The number of nitrogens with one attached hydrogen (secondary N) is 2. The van der Waals surface area contributed by atoms with Crippen LogP contribution in [-0.2, 0) is 9.47 Å². The summed E-state index contributed by atoms with van der Waals surface area (Å²) < 4.78 is 38.2. The van der Waals surface area contributed by atoms with Crippen LogP contribution in [-0.4, -0.2) is 37.5 Å². The van der Waals surface area contributed by atoms with Crippen molar-refractivity contribution in [1.82, 2.24) is 5.32 Å². The summed E-state index contributed by atoms with van der Waals surface area (Å²) in [7, 11) is 0. The molecule has 1 aliphatic carbocycles. The molecule has 2 N–H and O–H groups in total. The normalized spacial score (nSPS) is 27.8. The molecule has 2 amide bonds. The molecule has 0 radical (unpaired) electrons. The number of carbonyl (C=O) groups is 1. The minimum absolute atomic E-state index is 0.0296. The molecule has 120 valence electrons. The fourth-order valence-electron chi connectivity index (χ4n) is 2.95. The van der Waals surface area contributed by atoms with E-state index in [9.17, 15) is 13.6 Å². The summed E-state index contributed by atoms with van der Waals surface area (Å²) in [6.07, 6.45) is 2.23. The monoisotopic (exact) mass is 312 g/mol. The van der Waals surface area contributed by atoms with Crippen LogP contribution in [0.25, 0.3) is 0 Å². The highest BCUT2D eigenvalue weighted by atomic mass is 19.1. The van der Waals surface area contributed by atoms with Crippen molar-refractivity contribution in [3.63, 3.8) is 0 Å². The van der Waals surface area contributed by atoms with Crippen LogP contribution in [0.4, 0.5) is 19.3 Å². The third-order valence-electron chi connectivity index (χ3n) is 4.01. The average Bonchev–Trinajstić information content (AvgIpc) is 2.51. The smallest absolute Gasteiger partial charge is 0.319 e. The van der Waals surface area contributed by atoms with Crippen molar-refractivity contribution in [2.75, 3.05) is 18.5 Å². The predicted octanol–water partition coefficient (Wildman–Crippen LogP) is 2.42. The highest BCUT2D eigenvalue weighted by Gasteiger charge is 2.34. The summed E-state index contributed by atoms with van der Waals surface area (Å²) in [5, 5.41) is 4.96. The van der Waals surface area contributed by atoms with Crippen molar-refractivity contribution in [2.45, 2.75) is 37.5 Å². The first-order valence-electron chi connectivity index (χ1n) is 7.38. The molecule has 1 saturated carbocycles. The predicted molar refractivity (Wildman–Crippen MR) is 75.6 cm³/mol. The molecule has 1 saturated heterocycles. The second-order valence-corrected chi connectivity index (χ2v) is 5.52. The lowest BCUT2D eigenvalue weighted by Crippen LogP contribution is -2.50. The number of benzene rings is 1. The van der Waals surface area contributed by atoms with E-state index in [0.29, 0.717) is 19.6 Å². The number of hydrogen-bond acceptors (Lipinski definition) is 3. The Hall–Kier alpha value is -1.73. The molecule has 1 aromatic rings. The van der Waals surface area contributed by atoms with Gasteiger partial charge in [-0.05, 0) is 31.4 Å². The van der Waals surface area contributed by atoms with Gasteiger partial charge in [-0.2, -0.15) is 0 Å². The van der Waals surface area contributed by atoms with Gasteiger partial charge in [-0.25, -0.2) is 13.6 Å². The van der Waals surface area contributed by atoms with Gasteiger partial charge in [-0.15, -0.1) is 0 Å². The number of para-hydroxylation sites is 1. The van der Waals surface area contributed by atoms with Gasteiger partial charge in [0.1, 0.15) is 17.3 Å². The minimum atomic E-state index is -0.803. The largest absolute Gasteiger partial charge is 0.373 e. The van der Waals surface area contributed by atoms with E-state index in [1.807, 2.05) is 0 Å². The van der Waals surface area contributed by atoms with Gasteiger partial charge in [0.25, 0.3) is 0 Å². The van der Waals surface area contributed by atoms with Crippen molar-refractivity contribution < 1.29 is 23.0 Å². The summed E-state index contributed by atoms with van der Waals surface area (Å²) in [5.74, 6) is -1.61. The van der Waals surface area contributed by atoms with Crippen LogP contribution in [0.1, 0.15) is 19.3 Å². The fraction of sp³-hybridized carbons (Fsp3) is 0.533. The number of rotatable bonds is 2. The number of amides is 2. The summed E-state index contributed by atoms with van der Waals surface area (Å²) in [5.41, 5.74) is -0.439. The maximum Gasteiger partial charge on any atom is 0.319 e. The van der Waals surface area contributed by atoms with Crippen LogP contribution in [0.15, 0.2) is 18.2 Å². The molecule has 3 atom stereocenters. The molecule has 2 aliphatic rings. The van der Waals surface area contributed by atoms with Gasteiger partial charge in [0, 0.05) is 6.04 Å². The number of halogens is 2. The number of fused-ring (bicyclic) bond motifs is 1. The summed E-state index contributed by atoms with van der Waals surface area (Å²) >= 11 is 0. The van der Waals surface area contributed by atoms with Gasteiger partial charge in [0.2, 0.25) is 0 Å². The first-order chi connectivity index (χ1) is 10.6. The Balaban J connectivity index is 1.56. The molecule has 3 rings (SSSR count). The maximum absolute atomic E-state index is 13.5. The molecular weight excluding hydrogens is 294 g/mol. The SMILES string of the molecule is O=C(Nc1c(F)cccc1F)NC1CCC2OCCOC2C1. The van der Waals surface area contributed by atoms with Crippen LogP contribution < -0.4 is 10.6 Å². The van der Waals surface area contributed by atoms with Gasteiger partial charge < -0.3 is 20.1 Å². The minimum Gasteiger partial charge on any atom is -0.373 e. The van der Waals surface area contributed by atoms with Crippen molar-refractivity contribution in [1.29, 1.82) is 0 Å². The molecule has 22 heavy (non-hydrogen) atoms. The van der Waals surface area contributed by atoms with E-state index in [-0.39, 0.29) is 18.2 Å².